The van der Waals surface area contributed by atoms with E-state index >= 15 is 0 Å². The molecule has 1 amide bonds. The van der Waals surface area contributed by atoms with Crippen molar-refractivity contribution < 1.29 is 17.9 Å². The minimum Gasteiger partial charge on any atom is -0.492 e. The highest BCUT2D eigenvalue weighted by molar-refractivity contribution is 7.89. The fourth-order valence-corrected chi connectivity index (χ4v) is 2.56. The molecule has 1 aliphatic heterocycles. The van der Waals surface area contributed by atoms with Crippen molar-refractivity contribution in [1.82, 2.24) is 5.32 Å². The van der Waals surface area contributed by atoms with Crippen LogP contribution >= 0.6 is 0 Å². The van der Waals surface area contributed by atoms with Crippen LogP contribution in [0.5, 0.6) is 5.75 Å². The molecule has 1 unspecified atom stereocenters. The number of ether oxygens (including phenoxy) is 1. The van der Waals surface area contributed by atoms with E-state index in [1.807, 2.05) is 13.8 Å². The Labute approximate surface area is 118 Å². The molecule has 1 heterocycles. The Morgan fingerprint density at radius 1 is 1.50 bits per heavy atom. The van der Waals surface area contributed by atoms with Gasteiger partial charge in [-0.25, -0.2) is 13.6 Å². The summed E-state index contributed by atoms with van der Waals surface area (Å²) in [5.41, 5.74) is 0.567. The van der Waals surface area contributed by atoms with E-state index in [-0.39, 0.29) is 17.4 Å². The lowest BCUT2D eigenvalue weighted by molar-refractivity contribution is -0.122. The molecule has 6 nitrogen and oxygen atoms in total. The molecule has 1 aromatic carbocycles. The third-order valence-electron chi connectivity index (χ3n) is 3.09. The molecule has 0 saturated carbocycles. The molecule has 0 spiro atoms. The first-order chi connectivity index (χ1) is 9.29. The van der Waals surface area contributed by atoms with E-state index in [1.54, 1.807) is 0 Å². The second-order valence-electron chi connectivity index (χ2n) is 5.25. The fourth-order valence-electron chi connectivity index (χ4n) is 2.02. The standard InChI is InChI=1S/C13H18N2O4S/c1-8(2)6-15-13(16)11-7-19-12-4-3-9(5-10(11)12)20(14,17)18/h3-5,8,11H,6-7H2,1-2H3,(H,15,16)(H2,14,17,18). The molecule has 0 aliphatic carbocycles. The Morgan fingerprint density at radius 2 is 2.20 bits per heavy atom. The van der Waals surface area contributed by atoms with Crippen molar-refractivity contribution in [2.75, 3.05) is 13.2 Å². The Morgan fingerprint density at radius 3 is 2.80 bits per heavy atom. The number of hydrogen-bond acceptors (Lipinski definition) is 4. The summed E-state index contributed by atoms with van der Waals surface area (Å²) in [4.78, 5) is 12.1. The Hall–Kier alpha value is -1.60. The molecule has 2 rings (SSSR count). The lowest BCUT2D eigenvalue weighted by Gasteiger charge is -2.12. The van der Waals surface area contributed by atoms with E-state index in [4.69, 9.17) is 9.88 Å². The number of benzene rings is 1. The molecule has 110 valence electrons. The maximum atomic E-state index is 12.1. The van der Waals surface area contributed by atoms with Gasteiger partial charge in [0.1, 0.15) is 18.3 Å². The fraction of sp³-hybridized carbons (Fsp3) is 0.462. The summed E-state index contributed by atoms with van der Waals surface area (Å²) in [6.07, 6.45) is 0. The van der Waals surface area contributed by atoms with Crippen molar-refractivity contribution in [2.45, 2.75) is 24.7 Å². The van der Waals surface area contributed by atoms with Gasteiger partial charge < -0.3 is 10.1 Å². The number of nitrogens with two attached hydrogens (primary N) is 1. The van der Waals surface area contributed by atoms with Gasteiger partial charge in [0.25, 0.3) is 0 Å². The maximum Gasteiger partial charge on any atom is 0.238 e. The number of rotatable bonds is 4. The largest absolute Gasteiger partial charge is 0.492 e. The summed E-state index contributed by atoms with van der Waals surface area (Å²) in [7, 11) is -3.79. The second kappa shape index (κ2) is 5.41. The smallest absolute Gasteiger partial charge is 0.238 e. The summed E-state index contributed by atoms with van der Waals surface area (Å²) in [5, 5.41) is 7.93. The third kappa shape index (κ3) is 3.10. The molecule has 7 heteroatoms. The molecule has 1 atom stereocenters. The van der Waals surface area contributed by atoms with Crippen molar-refractivity contribution in [2.24, 2.45) is 11.1 Å². The molecule has 1 aliphatic rings. The van der Waals surface area contributed by atoms with Crippen LogP contribution in [0.25, 0.3) is 0 Å². The first kappa shape index (κ1) is 14.8. The highest BCUT2D eigenvalue weighted by Gasteiger charge is 2.31. The number of carbonyl (C=O) groups excluding carboxylic acids is 1. The van der Waals surface area contributed by atoms with Gasteiger partial charge >= 0.3 is 0 Å². The van der Waals surface area contributed by atoms with Gasteiger partial charge in [-0.1, -0.05) is 13.8 Å². The zero-order chi connectivity index (χ0) is 14.9. The van der Waals surface area contributed by atoms with Crippen LogP contribution in [0, 0.1) is 5.92 Å². The number of nitrogens with one attached hydrogen (secondary N) is 1. The van der Waals surface area contributed by atoms with Crippen LogP contribution in [0.1, 0.15) is 25.3 Å². The molecule has 20 heavy (non-hydrogen) atoms. The molecule has 0 aromatic heterocycles. The Bertz CT molecular complexity index is 625. The van der Waals surface area contributed by atoms with Gasteiger partial charge in [-0.2, -0.15) is 0 Å². The zero-order valence-corrected chi connectivity index (χ0v) is 12.2. The van der Waals surface area contributed by atoms with E-state index in [0.29, 0.717) is 23.8 Å². The van der Waals surface area contributed by atoms with Gasteiger partial charge in [0.05, 0.1) is 4.90 Å². The minimum atomic E-state index is -3.79. The second-order valence-corrected chi connectivity index (χ2v) is 6.81. The summed E-state index contributed by atoms with van der Waals surface area (Å²) < 4.78 is 28.1. The maximum absolute atomic E-state index is 12.1. The van der Waals surface area contributed by atoms with Crippen molar-refractivity contribution in [3.8, 4) is 5.75 Å². The van der Waals surface area contributed by atoms with E-state index < -0.39 is 15.9 Å². The van der Waals surface area contributed by atoms with Crippen LogP contribution in [-0.2, 0) is 14.8 Å². The summed E-state index contributed by atoms with van der Waals surface area (Å²) >= 11 is 0. The van der Waals surface area contributed by atoms with E-state index in [0.717, 1.165) is 0 Å². The molecule has 0 fully saturated rings. The Balaban J connectivity index is 2.25. The van der Waals surface area contributed by atoms with Crippen LogP contribution in [0.3, 0.4) is 0 Å². The lowest BCUT2D eigenvalue weighted by Crippen LogP contribution is -2.32. The van der Waals surface area contributed by atoms with Gasteiger partial charge in [0, 0.05) is 12.1 Å². The quantitative estimate of drug-likeness (QED) is 0.849. The molecule has 0 bridgehead atoms. The number of sulfonamides is 1. The third-order valence-corrected chi connectivity index (χ3v) is 4.00. The van der Waals surface area contributed by atoms with Crippen molar-refractivity contribution in [3.63, 3.8) is 0 Å². The average molecular weight is 298 g/mol. The van der Waals surface area contributed by atoms with Crippen LogP contribution in [0.2, 0.25) is 0 Å². The first-order valence-corrected chi connectivity index (χ1v) is 7.91. The van der Waals surface area contributed by atoms with Gasteiger partial charge in [0.2, 0.25) is 15.9 Å². The normalized spacial score (nSPS) is 17.7. The van der Waals surface area contributed by atoms with Crippen molar-refractivity contribution in [3.05, 3.63) is 23.8 Å². The highest BCUT2D eigenvalue weighted by Crippen LogP contribution is 2.35. The predicted octanol–water partition coefficient (Wildman–Crippen LogP) is 0.582. The first-order valence-electron chi connectivity index (χ1n) is 6.36. The van der Waals surface area contributed by atoms with E-state index in [1.165, 1.54) is 18.2 Å². The summed E-state index contributed by atoms with van der Waals surface area (Å²) in [5.74, 6) is 0.216. The van der Waals surface area contributed by atoms with E-state index in [9.17, 15) is 13.2 Å². The molecule has 0 saturated heterocycles. The van der Waals surface area contributed by atoms with Gasteiger partial charge in [-0.15, -0.1) is 0 Å². The summed E-state index contributed by atoms with van der Waals surface area (Å²) in [6.45, 7) is 4.78. The number of hydrogen-bond donors (Lipinski definition) is 2. The van der Waals surface area contributed by atoms with Crippen LogP contribution < -0.4 is 15.2 Å². The van der Waals surface area contributed by atoms with Crippen LogP contribution in [0.15, 0.2) is 23.1 Å². The van der Waals surface area contributed by atoms with Gasteiger partial charge in [-0.05, 0) is 24.1 Å². The molecular weight excluding hydrogens is 280 g/mol. The van der Waals surface area contributed by atoms with Gasteiger partial charge in [0.15, 0.2) is 0 Å². The SMILES string of the molecule is CC(C)CNC(=O)C1COc2ccc(S(N)(=O)=O)cc21. The molecule has 1 aromatic rings. The Kier molecular flexibility index (Phi) is 4.01. The summed E-state index contributed by atoms with van der Waals surface area (Å²) in [6, 6.07) is 4.32. The lowest BCUT2D eigenvalue weighted by atomic mass is 10.0. The highest BCUT2D eigenvalue weighted by atomic mass is 32.2. The molecular formula is C13H18N2O4S. The van der Waals surface area contributed by atoms with Crippen LogP contribution in [0.4, 0.5) is 0 Å². The predicted molar refractivity (Wildman–Crippen MR) is 73.9 cm³/mol. The average Bonchev–Trinajstić information content (AvgIpc) is 2.77. The number of carbonyl (C=O) groups is 1. The monoisotopic (exact) mass is 298 g/mol. The number of fused-ring (bicyclic) bond motifs is 1. The molecule has 0 radical (unpaired) electrons. The van der Waals surface area contributed by atoms with Gasteiger partial charge in [-0.3, -0.25) is 4.79 Å². The van der Waals surface area contributed by atoms with Crippen LogP contribution in [-0.4, -0.2) is 27.5 Å². The van der Waals surface area contributed by atoms with E-state index in [2.05, 4.69) is 5.32 Å². The van der Waals surface area contributed by atoms with Crippen molar-refractivity contribution >= 4 is 15.9 Å². The molecule has 3 N–H and O–H groups in total. The number of primary sulfonamides is 1. The minimum absolute atomic E-state index is 0.0107. The zero-order valence-electron chi connectivity index (χ0n) is 11.4. The number of amides is 1. The topological polar surface area (TPSA) is 98.5 Å². The van der Waals surface area contributed by atoms with Crippen molar-refractivity contribution in [1.29, 1.82) is 0 Å².